The number of carbonyl (C=O) groups is 1. The first-order valence-electron chi connectivity index (χ1n) is 7.86. The fraction of sp³-hybridized carbons (Fsp3) is 0.800. The van der Waals surface area contributed by atoms with Crippen molar-refractivity contribution < 1.29 is 4.79 Å². The number of fused-ring (bicyclic) bond motifs is 1. The SMILES string of the molecule is CC(C)n1cc(C(C)(C)NC(=O)NC2CC3CC3C2)nn1. The smallest absolute Gasteiger partial charge is 0.315 e. The fourth-order valence-electron chi connectivity index (χ4n) is 3.22. The summed E-state index contributed by atoms with van der Waals surface area (Å²) in [6.07, 6.45) is 5.55. The Kier molecular flexibility index (Phi) is 3.42. The molecule has 116 valence electrons. The Bertz CT molecular complexity index is 526. The van der Waals surface area contributed by atoms with E-state index in [1.54, 1.807) is 4.68 Å². The molecule has 6 nitrogen and oxygen atoms in total. The molecule has 1 aromatic heterocycles. The molecule has 2 N–H and O–H groups in total. The summed E-state index contributed by atoms with van der Waals surface area (Å²) < 4.78 is 1.81. The topological polar surface area (TPSA) is 71.8 Å². The van der Waals surface area contributed by atoms with Crippen molar-refractivity contribution in [1.29, 1.82) is 0 Å². The van der Waals surface area contributed by atoms with Gasteiger partial charge in [-0.25, -0.2) is 9.48 Å². The molecule has 0 spiro atoms. The highest BCUT2D eigenvalue weighted by Crippen LogP contribution is 2.51. The highest BCUT2D eigenvalue weighted by molar-refractivity contribution is 5.75. The molecule has 1 aromatic rings. The van der Waals surface area contributed by atoms with Gasteiger partial charge in [0.05, 0.1) is 11.7 Å². The molecule has 6 heteroatoms. The van der Waals surface area contributed by atoms with Crippen LogP contribution in [0.25, 0.3) is 0 Å². The number of hydrogen-bond acceptors (Lipinski definition) is 3. The average Bonchev–Trinajstić information content (AvgIpc) is 2.81. The van der Waals surface area contributed by atoms with E-state index in [-0.39, 0.29) is 12.1 Å². The van der Waals surface area contributed by atoms with Gasteiger partial charge in [0, 0.05) is 12.1 Å². The van der Waals surface area contributed by atoms with Crippen LogP contribution in [-0.4, -0.2) is 27.1 Å². The average molecular weight is 291 g/mol. The van der Waals surface area contributed by atoms with Gasteiger partial charge >= 0.3 is 6.03 Å². The molecule has 2 aliphatic rings. The van der Waals surface area contributed by atoms with Crippen LogP contribution in [0.1, 0.15) is 58.7 Å². The van der Waals surface area contributed by atoms with Gasteiger partial charge in [0.1, 0.15) is 5.69 Å². The highest BCUT2D eigenvalue weighted by atomic mass is 16.2. The molecule has 1 heterocycles. The van der Waals surface area contributed by atoms with Gasteiger partial charge in [-0.05, 0) is 58.8 Å². The van der Waals surface area contributed by atoms with Crippen LogP contribution in [0.15, 0.2) is 6.20 Å². The molecule has 0 aromatic carbocycles. The minimum absolute atomic E-state index is 0.106. The Hall–Kier alpha value is -1.59. The second-order valence-corrected chi connectivity index (χ2v) is 7.33. The Balaban J connectivity index is 1.57. The molecule has 0 bridgehead atoms. The van der Waals surface area contributed by atoms with Crippen molar-refractivity contribution in [1.82, 2.24) is 25.6 Å². The van der Waals surface area contributed by atoms with Gasteiger partial charge in [-0.3, -0.25) is 0 Å². The first-order valence-corrected chi connectivity index (χ1v) is 7.86. The Labute approximate surface area is 125 Å². The second kappa shape index (κ2) is 5.00. The molecule has 2 aliphatic carbocycles. The van der Waals surface area contributed by atoms with Crippen molar-refractivity contribution >= 4 is 6.03 Å². The summed E-state index contributed by atoms with van der Waals surface area (Å²) in [5.74, 6) is 1.74. The van der Waals surface area contributed by atoms with Crippen LogP contribution >= 0.6 is 0 Å². The monoisotopic (exact) mass is 291 g/mol. The maximum Gasteiger partial charge on any atom is 0.315 e. The second-order valence-electron chi connectivity index (χ2n) is 7.33. The third-order valence-electron chi connectivity index (χ3n) is 4.68. The number of nitrogens with one attached hydrogen (secondary N) is 2. The van der Waals surface area contributed by atoms with Crippen molar-refractivity contribution in [2.45, 2.75) is 64.6 Å². The van der Waals surface area contributed by atoms with Crippen LogP contribution in [0.5, 0.6) is 0 Å². The van der Waals surface area contributed by atoms with Gasteiger partial charge < -0.3 is 10.6 Å². The molecule has 2 atom stereocenters. The molecule has 2 saturated carbocycles. The number of carbonyl (C=O) groups excluding carboxylic acids is 1. The summed E-state index contributed by atoms with van der Waals surface area (Å²) >= 11 is 0. The number of amides is 2. The van der Waals surface area contributed by atoms with Crippen LogP contribution in [-0.2, 0) is 5.54 Å². The van der Waals surface area contributed by atoms with Crippen molar-refractivity contribution in [2.75, 3.05) is 0 Å². The lowest BCUT2D eigenvalue weighted by molar-refractivity contribution is 0.224. The number of hydrogen-bond donors (Lipinski definition) is 2. The number of aromatic nitrogens is 3. The minimum atomic E-state index is -0.529. The predicted octanol–water partition coefficient (Wildman–Crippen LogP) is 2.19. The molecular weight excluding hydrogens is 266 g/mol. The zero-order valence-corrected chi connectivity index (χ0v) is 13.3. The summed E-state index contributed by atoms with van der Waals surface area (Å²) in [4.78, 5) is 12.2. The molecule has 2 amide bonds. The van der Waals surface area contributed by atoms with E-state index in [0.29, 0.717) is 6.04 Å². The molecular formula is C15H25N5O. The normalized spacial score (nSPS) is 27.6. The van der Waals surface area contributed by atoms with Crippen molar-refractivity contribution in [3.05, 3.63) is 11.9 Å². The number of nitrogens with zero attached hydrogens (tertiary/aromatic N) is 3. The van der Waals surface area contributed by atoms with Gasteiger partial charge in [-0.1, -0.05) is 5.21 Å². The highest BCUT2D eigenvalue weighted by Gasteiger charge is 2.46. The van der Waals surface area contributed by atoms with Gasteiger partial charge in [0.25, 0.3) is 0 Å². The van der Waals surface area contributed by atoms with E-state index in [1.165, 1.54) is 6.42 Å². The molecule has 2 unspecified atom stereocenters. The van der Waals surface area contributed by atoms with Crippen LogP contribution < -0.4 is 10.6 Å². The molecule has 0 saturated heterocycles. The third kappa shape index (κ3) is 3.04. The minimum Gasteiger partial charge on any atom is -0.335 e. The van der Waals surface area contributed by atoms with Crippen LogP contribution in [0.2, 0.25) is 0 Å². The number of rotatable bonds is 4. The van der Waals surface area contributed by atoms with E-state index < -0.39 is 5.54 Å². The zero-order chi connectivity index (χ0) is 15.2. The van der Waals surface area contributed by atoms with Crippen molar-refractivity contribution in [2.24, 2.45) is 11.8 Å². The maximum atomic E-state index is 12.2. The van der Waals surface area contributed by atoms with E-state index in [0.717, 1.165) is 30.4 Å². The molecule has 3 rings (SSSR count). The first kappa shape index (κ1) is 14.4. The van der Waals surface area contributed by atoms with Crippen LogP contribution in [0.3, 0.4) is 0 Å². The van der Waals surface area contributed by atoms with E-state index >= 15 is 0 Å². The van der Waals surface area contributed by atoms with Gasteiger partial charge in [-0.2, -0.15) is 0 Å². The molecule has 2 fully saturated rings. The molecule has 0 aliphatic heterocycles. The van der Waals surface area contributed by atoms with Crippen molar-refractivity contribution in [3.8, 4) is 0 Å². The first-order chi connectivity index (χ1) is 9.85. The summed E-state index contributed by atoms with van der Waals surface area (Å²) in [5, 5.41) is 14.4. The van der Waals surface area contributed by atoms with Crippen LogP contribution in [0.4, 0.5) is 4.79 Å². The summed E-state index contributed by atoms with van der Waals surface area (Å²) in [6, 6.07) is 0.502. The quantitative estimate of drug-likeness (QED) is 0.893. The maximum absolute atomic E-state index is 12.2. The third-order valence-corrected chi connectivity index (χ3v) is 4.68. The standard InChI is InChI=1S/C15H25N5O/c1-9(2)20-8-13(18-19-20)15(3,4)17-14(21)16-12-6-10-5-11(10)7-12/h8-12H,5-7H2,1-4H3,(H2,16,17,21). The summed E-state index contributed by atoms with van der Waals surface area (Å²) in [6.45, 7) is 8.01. The lowest BCUT2D eigenvalue weighted by atomic mass is 10.0. The summed E-state index contributed by atoms with van der Waals surface area (Å²) in [7, 11) is 0. The lowest BCUT2D eigenvalue weighted by Gasteiger charge is -2.25. The van der Waals surface area contributed by atoms with Gasteiger partial charge in [0.2, 0.25) is 0 Å². The fourth-order valence-corrected chi connectivity index (χ4v) is 3.22. The van der Waals surface area contributed by atoms with E-state index in [2.05, 4.69) is 34.8 Å². The zero-order valence-electron chi connectivity index (χ0n) is 13.3. The van der Waals surface area contributed by atoms with Crippen LogP contribution in [0, 0.1) is 11.8 Å². The lowest BCUT2D eigenvalue weighted by Crippen LogP contribution is -2.49. The Morgan fingerprint density at radius 1 is 1.33 bits per heavy atom. The number of urea groups is 1. The Morgan fingerprint density at radius 3 is 2.57 bits per heavy atom. The molecule has 21 heavy (non-hydrogen) atoms. The largest absolute Gasteiger partial charge is 0.335 e. The van der Waals surface area contributed by atoms with Gasteiger partial charge in [-0.15, -0.1) is 5.10 Å². The predicted molar refractivity (Wildman–Crippen MR) is 79.7 cm³/mol. The summed E-state index contributed by atoms with van der Waals surface area (Å²) in [5.41, 5.74) is 0.249. The van der Waals surface area contributed by atoms with E-state index in [4.69, 9.17) is 0 Å². The molecule has 0 radical (unpaired) electrons. The Morgan fingerprint density at radius 2 is 2.00 bits per heavy atom. The van der Waals surface area contributed by atoms with Gasteiger partial charge in [0.15, 0.2) is 0 Å². The van der Waals surface area contributed by atoms with E-state index in [1.807, 2.05) is 20.0 Å². The van der Waals surface area contributed by atoms with E-state index in [9.17, 15) is 4.79 Å². The van der Waals surface area contributed by atoms with Crippen molar-refractivity contribution in [3.63, 3.8) is 0 Å².